The molecule has 0 unspecified atom stereocenters. The number of alkyl halides is 1. The van der Waals surface area contributed by atoms with Gasteiger partial charge in [-0.05, 0) is 12.0 Å². The van der Waals surface area contributed by atoms with Crippen LogP contribution in [0, 0.1) is 10.6 Å². The van der Waals surface area contributed by atoms with Crippen molar-refractivity contribution in [3.63, 3.8) is 0 Å². The summed E-state index contributed by atoms with van der Waals surface area (Å²) in [5, 5.41) is 20.1. The first-order valence-electron chi connectivity index (χ1n) is 7.92. The summed E-state index contributed by atoms with van der Waals surface area (Å²) in [6.45, 7) is 2.19. The van der Waals surface area contributed by atoms with Gasteiger partial charge in [-0.25, -0.2) is 9.18 Å². The predicted octanol–water partition coefficient (Wildman–Crippen LogP) is -0.651. The minimum Gasteiger partial charge on any atom is -0.458 e. The maximum Gasteiger partial charge on any atom is 0.328 e. The standard InChI is InChI=1S/C14H20FN3O6S/c1-6(2)8(16)12(21)23-5-14(15)10(20)9(19)11(24-14)18-4-3-7(25)17-13(18)22/h3-4,6,8-11,19-20H,5,16H2,1-2H3,(H,17,22,25)/t8-,9+,10-,11+,14+/m0/s1/i11D. The molecule has 0 radical (unpaired) electrons. The van der Waals surface area contributed by atoms with E-state index in [1.165, 1.54) is 6.07 Å². The van der Waals surface area contributed by atoms with E-state index < -0.39 is 48.6 Å². The maximum absolute atomic E-state index is 15.0. The monoisotopic (exact) mass is 378 g/mol. The van der Waals surface area contributed by atoms with E-state index in [4.69, 9.17) is 28.8 Å². The zero-order valence-corrected chi connectivity index (χ0v) is 14.3. The third-order valence-corrected chi connectivity index (χ3v) is 3.97. The van der Waals surface area contributed by atoms with Gasteiger partial charge in [0.1, 0.15) is 22.9 Å². The van der Waals surface area contributed by atoms with E-state index in [0.29, 0.717) is 4.57 Å². The van der Waals surface area contributed by atoms with Gasteiger partial charge >= 0.3 is 11.7 Å². The van der Waals surface area contributed by atoms with Crippen LogP contribution >= 0.6 is 12.2 Å². The summed E-state index contributed by atoms with van der Waals surface area (Å²) in [5.74, 6) is -4.34. The van der Waals surface area contributed by atoms with Gasteiger partial charge in [-0.3, -0.25) is 14.3 Å². The quantitative estimate of drug-likeness (QED) is 0.391. The van der Waals surface area contributed by atoms with Crippen molar-refractivity contribution in [2.24, 2.45) is 11.7 Å². The second kappa shape index (κ2) is 7.30. The number of nitrogens with two attached hydrogens (primary N) is 1. The Morgan fingerprint density at radius 2 is 2.32 bits per heavy atom. The van der Waals surface area contributed by atoms with Crippen molar-refractivity contribution in [3.05, 3.63) is 27.4 Å². The molecule has 1 aromatic rings. The van der Waals surface area contributed by atoms with Crippen molar-refractivity contribution in [1.29, 1.82) is 0 Å². The molecule has 1 fully saturated rings. The number of aliphatic hydroxyl groups is 2. The zero-order chi connectivity index (χ0) is 19.9. The number of ether oxygens (including phenoxy) is 2. The fraction of sp³-hybridized carbons (Fsp3) is 0.643. The number of aromatic nitrogens is 2. The first kappa shape index (κ1) is 18.1. The third-order valence-electron chi connectivity index (χ3n) is 3.73. The number of H-pyrrole nitrogens is 1. The lowest BCUT2D eigenvalue weighted by Gasteiger charge is -2.24. The summed E-state index contributed by atoms with van der Waals surface area (Å²) in [6.07, 6.45) is -6.13. The highest BCUT2D eigenvalue weighted by Gasteiger charge is 2.57. The van der Waals surface area contributed by atoms with Crippen LogP contribution in [-0.4, -0.2) is 56.4 Å². The van der Waals surface area contributed by atoms with Gasteiger partial charge in [0.15, 0.2) is 12.8 Å². The van der Waals surface area contributed by atoms with Crippen molar-refractivity contribution in [2.75, 3.05) is 6.61 Å². The van der Waals surface area contributed by atoms with E-state index in [-0.39, 0.29) is 10.6 Å². The van der Waals surface area contributed by atoms with Gasteiger partial charge in [0, 0.05) is 6.20 Å². The molecule has 1 aliphatic rings. The molecular weight excluding hydrogens is 357 g/mol. The number of aromatic amines is 1. The summed E-state index contributed by atoms with van der Waals surface area (Å²) in [7, 11) is 0. The van der Waals surface area contributed by atoms with Crippen LogP contribution < -0.4 is 11.4 Å². The lowest BCUT2D eigenvalue weighted by molar-refractivity contribution is -0.217. The van der Waals surface area contributed by atoms with Crippen LogP contribution in [0.15, 0.2) is 17.1 Å². The van der Waals surface area contributed by atoms with Gasteiger partial charge in [-0.15, -0.1) is 0 Å². The van der Waals surface area contributed by atoms with Crippen molar-refractivity contribution < 1.29 is 30.2 Å². The summed E-state index contributed by atoms with van der Waals surface area (Å²) in [6, 6.07) is 0.190. The molecule has 2 rings (SSSR count). The van der Waals surface area contributed by atoms with Gasteiger partial charge in [-0.1, -0.05) is 26.1 Å². The summed E-state index contributed by atoms with van der Waals surface area (Å²) in [4.78, 5) is 25.9. The molecule has 5 atom stereocenters. The van der Waals surface area contributed by atoms with Crippen LogP contribution in [-0.2, 0) is 14.3 Å². The van der Waals surface area contributed by atoms with Crippen LogP contribution in [0.2, 0.25) is 0 Å². The Morgan fingerprint density at radius 3 is 2.88 bits per heavy atom. The van der Waals surface area contributed by atoms with E-state index in [1.54, 1.807) is 13.8 Å². The van der Waals surface area contributed by atoms with Crippen LogP contribution in [0.5, 0.6) is 0 Å². The molecule has 0 aliphatic carbocycles. The van der Waals surface area contributed by atoms with Crippen molar-refractivity contribution in [2.45, 2.75) is 44.2 Å². The molecule has 1 aromatic heterocycles. The average molecular weight is 378 g/mol. The Hall–Kier alpha value is -1.66. The van der Waals surface area contributed by atoms with Crippen molar-refractivity contribution >= 4 is 18.2 Å². The highest BCUT2D eigenvalue weighted by Crippen LogP contribution is 2.38. The van der Waals surface area contributed by atoms with Crippen molar-refractivity contribution in [3.8, 4) is 0 Å². The average Bonchev–Trinajstić information content (AvgIpc) is 2.73. The number of halogens is 1. The van der Waals surface area contributed by atoms with Crippen LogP contribution in [0.4, 0.5) is 4.39 Å². The number of esters is 1. The number of carbonyl (C=O) groups excluding carboxylic acids is 1. The normalized spacial score (nSPS) is 34.0. The molecule has 11 heteroatoms. The Bertz CT molecular complexity index is 803. The Labute approximate surface area is 148 Å². The largest absolute Gasteiger partial charge is 0.458 e. The SMILES string of the molecule is [2H][C@@]1(n2ccc(=S)[nH]c2=O)O[C@](F)(COC(=O)[C@@H](N)C(C)C)[C@@H](O)[C@H]1O. The molecule has 9 nitrogen and oxygen atoms in total. The van der Waals surface area contributed by atoms with Crippen LogP contribution in [0.1, 0.15) is 21.4 Å². The van der Waals surface area contributed by atoms with Gasteiger partial charge in [0.05, 0.1) is 1.37 Å². The summed E-state index contributed by atoms with van der Waals surface area (Å²) < 4.78 is 33.2. The highest BCUT2D eigenvalue weighted by atomic mass is 32.1. The third kappa shape index (κ3) is 3.96. The van der Waals surface area contributed by atoms with Gasteiger partial charge in [0.2, 0.25) is 0 Å². The molecule has 0 amide bonds. The van der Waals surface area contributed by atoms with E-state index in [2.05, 4.69) is 4.98 Å². The topological polar surface area (TPSA) is 140 Å². The fourth-order valence-corrected chi connectivity index (χ4v) is 2.25. The Morgan fingerprint density at radius 1 is 1.68 bits per heavy atom. The first-order valence-corrected chi connectivity index (χ1v) is 7.83. The molecule has 5 N–H and O–H groups in total. The number of aliphatic hydroxyl groups excluding tert-OH is 2. The summed E-state index contributed by atoms with van der Waals surface area (Å²) >= 11 is 4.76. The summed E-state index contributed by atoms with van der Waals surface area (Å²) in [5.41, 5.74) is 4.63. The van der Waals surface area contributed by atoms with Crippen molar-refractivity contribution in [1.82, 2.24) is 9.55 Å². The highest BCUT2D eigenvalue weighted by molar-refractivity contribution is 7.71. The molecule has 0 aromatic carbocycles. The molecule has 0 spiro atoms. The number of nitrogens with one attached hydrogen (secondary N) is 1. The predicted molar refractivity (Wildman–Crippen MR) is 85.6 cm³/mol. The molecule has 25 heavy (non-hydrogen) atoms. The molecule has 0 saturated carbocycles. The number of nitrogens with zero attached hydrogens (tertiary/aromatic N) is 1. The number of carbonyl (C=O) groups is 1. The molecular formula is C14H20FN3O6S. The van der Waals surface area contributed by atoms with Gasteiger partial charge < -0.3 is 25.4 Å². The maximum atomic E-state index is 15.0. The molecule has 1 saturated heterocycles. The second-order valence-corrected chi connectivity index (χ2v) is 6.41. The Balaban J connectivity index is 2.26. The minimum absolute atomic E-state index is 0.0472. The van der Waals surface area contributed by atoms with E-state index >= 15 is 0 Å². The molecule has 1 aliphatic heterocycles. The number of rotatable bonds is 5. The molecule has 2 heterocycles. The first-order chi connectivity index (χ1) is 11.9. The van der Waals surface area contributed by atoms with Gasteiger partial charge in [0.25, 0.3) is 5.85 Å². The smallest absolute Gasteiger partial charge is 0.328 e. The van der Waals surface area contributed by atoms with E-state index in [9.17, 15) is 24.2 Å². The zero-order valence-electron chi connectivity index (χ0n) is 14.5. The Kier molecular flexibility index (Phi) is 5.29. The number of hydrogen-bond donors (Lipinski definition) is 4. The lowest BCUT2D eigenvalue weighted by atomic mass is 10.1. The van der Waals surface area contributed by atoms with Gasteiger partial charge in [-0.2, -0.15) is 0 Å². The van der Waals surface area contributed by atoms with E-state index in [0.717, 1.165) is 6.20 Å². The van der Waals surface area contributed by atoms with Crippen LogP contribution in [0.25, 0.3) is 0 Å². The van der Waals surface area contributed by atoms with Crippen LogP contribution in [0.3, 0.4) is 0 Å². The second-order valence-electron chi connectivity index (χ2n) is 5.97. The fourth-order valence-electron chi connectivity index (χ4n) is 2.10. The molecule has 0 bridgehead atoms. The minimum atomic E-state index is -3.13. The van der Waals surface area contributed by atoms with E-state index in [1.807, 2.05) is 0 Å². The number of hydrogen-bond acceptors (Lipinski definition) is 8. The lowest BCUT2D eigenvalue weighted by Crippen LogP contribution is -2.46. The molecule has 140 valence electrons.